The number of rotatable bonds is 7. The SMILES string of the molecule is C#Cc1cc(C2CCC(CNc3cccc(-c4cnc(OC)s4)c3)CC2)ccc1OC. The quantitative estimate of drug-likeness (QED) is 0.452. The molecule has 4 rings (SSSR count). The zero-order valence-corrected chi connectivity index (χ0v) is 18.9. The number of benzene rings is 2. The van der Waals surface area contributed by atoms with Crippen LogP contribution in [-0.4, -0.2) is 25.7 Å². The minimum atomic E-state index is 0.582. The minimum absolute atomic E-state index is 0.582. The molecule has 0 radical (unpaired) electrons. The lowest BCUT2D eigenvalue weighted by Crippen LogP contribution is -2.20. The minimum Gasteiger partial charge on any atom is -0.495 e. The van der Waals surface area contributed by atoms with Crippen molar-refractivity contribution in [2.24, 2.45) is 5.92 Å². The highest BCUT2D eigenvalue weighted by atomic mass is 32.1. The zero-order valence-electron chi connectivity index (χ0n) is 18.1. The highest BCUT2D eigenvalue weighted by Gasteiger charge is 2.23. The Balaban J connectivity index is 1.32. The summed E-state index contributed by atoms with van der Waals surface area (Å²) >= 11 is 1.56. The van der Waals surface area contributed by atoms with Gasteiger partial charge in [-0.25, -0.2) is 4.98 Å². The lowest BCUT2D eigenvalue weighted by atomic mass is 9.78. The molecule has 0 atom stereocenters. The molecule has 4 nitrogen and oxygen atoms in total. The van der Waals surface area contributed by atoms with Gasteiger partial charge in [0.25, 0.3) is 5.19 Å². The molecule has 0 unspecified atom stereocenters. The largest absolute Gasteiger partial charge is 0.495 e. The Hall–Kier alpha value is -2.97. The van der Waals surface area contributed by atoms with Gasteiger partial charge in [0.2, 0.25) is 0 Å². The van der Waals surface area contributed by atoms with E-state index in [0.717, 1.165) is 28.4 Å². The second-order valence-electron chi connectivity index (χ2n) is 7.98. The summed E-state index contributed by atoms with van der Waals surface area (Å²) < 4.78 is 10.6. The average Bonchev–Trinajstić information content (AvgIpc) is 3.32. The van der Waals surface area contributed by atoms with Gasteiger partial charge in [0, 0.05) is 18.4 Å². The van der Waals surface area contributed by atoms with Crippen LogP contribution in [0, 0.1) is 18.3 Å². The summed E-state index contributed by atoms with van der Waals surface area (Å²) in [6.45, 7) is 1.00. The second kappa shape index (κ2) is 9.89. The van der Waals surface area contributed by atoms with E-state index in [4.69, 9.17) is 15.9 Å². The van der Waals surface area contributed by atoms with E-state index in [1.165, 1.54) is 36.8 Å². The number of thiazole rings is 1. The van der Waals surface area contributed by atoms with E-state index in [9.17, 15) is 0 Å². The van der Waals surface area contributed by atoms with E-state index in [0.29, 0.717) is 17.0 Å². The fourth-order valence-corrected chi connectivity index (χ4v) is 5.05. The standard InChI is InChI=1S/C26H28N2O2S/c1-4-19-14-21(12-13-24(19)29-2)20-10-8-18(9-11-20)16-27-23-7-5-6-22(15-23)25-17-28-26(30-3)31-25/h1,5-7,12-15,17-18,20,27H,8-11,16H2,2-3H3. The zero-order chi connectivity index (χ0) is 21.6. The summed E-state index contributed by atoms with van der Waals surface area (Å²) in [5.41, 5.74) is 4.51. The van der Waals surface area contributed by atoms with Gasteiger partial charge < -0.3 is 14.8 Å². The van der Waals surface area contributed by atoms with Crippen molar-refractivity contribution in [2.45, 2.75) is 31.6 Å². The predicted octanol–water partition coefficient (Wildman–Crippen LogP) is 6.19. The number of anilines is 1. The van der Waals surface area contributed by atoms with Crippen LogP contribution in [-0.2, 0) is 0 Å². The van der Waals surface area contributed by atoms with Gasteiger partial charge in [-0.15, -0.1) is 6.42 Å². The topological polar surface area (TPSA) is 43.4 Å². The lowest BCUT2D eigenvalue weighted by Gasteiger charge is -2.29. The number of hydrogen-bond donors (Lipinski definition) is 1. The third-order valence-corrected chi connectivity index (χ3v) is 7.11. The molecule has 2 aromatic carbocycles. The van der Waals surface area contributed by atoms with Crippen molar-refractivity contribution in [3.63, 3.8) is 0 Å². The molecule has 0 amide bonds. The van der Waals surface area contributed by atoms with Crippen LogP contribution in [0.25, 0.3) is 10.4 Å². The molecular formula is C26H28N2O2S. The number of nitrogens with one attached hydrogen (secondary N) is 1. The Kier molecular flexibility index (Phi) is 6.79. The van der Waals surface area contributed by atoms with Gasteiger partial charge in [0.15, 0.2) is 0 Å². The van der Waals surface area contributed by atoms with Gasteiger partial charge in [-0.1, -0.05) is 35.5 Å². The van der Waals surface area contributed by atoms with Crippen molar-refractivity contribution < 1.29 is 9.47 Å². The first-order valence-corrected chi connectivity index (χ1v) is 11.5. The highest BCUT2D eigenvalue weighted by Crippen LogP contribution is 2.37. The summed E-state index contributed by atoms with van der Waals surface area (Å²) in [6.07, 6.45) is 12.4. The van der Waals surface area contributed by atoms with Crippen LogP contribution in [0.3, 0.4) is 0 Å². The molecular weight excluding hydrogens is 404 g/mol. The van der Waals surface area contributed by atoms with Gasteiger partial charge in [-0.3, -0.25) is 0 Å². The van der Waals surface area contributed by atoms with E-state index in [1.54, 1.807) is 25.6 Å². The maximum Gasteiger partial charge on any atom is 0.273 e. The van der Waals surface area contributed by atoms with Crippen LogP contribution >= 0.6 is 11.3 Å². The van der Waals surface area contributed by atoms with Crippen LogP contribution in [0.5, 0.6) is 10.9 Å². The first-order chi connectivity index (χ1) is 15.2. The first kappa shape index (κ1) is 21.3. The molecule has 3 aromatic rings. The first-order valence-electron chi connectivity index (χ1n) is 10.7. The summed E-state index contributed by atoms with van der Waals surface area (Å²) in [5, 5.41) is 4.33. The maximum atomic E-state index is 5.65. The van der Waals surface area contributed by atoms with E-state index in [2.05, 4.69) is 52.6 Å². The van der Waals surface area contributed by atoms with Crippen LogP contribution in [0.4, 0.5) is 5.69 Å². The van der Waals surface area contributed by atoms with Gasteiger partial charge in [0.05, 0.1) is 24.7 Å². The third-order valence-electron chi connectivity index (χ3n) is 6.10. The van der Waals surface area contributed by atoms with E-state index >= 15 is 0 Å². The number of aromatic nitrogens is 1. The van der Waals surface area contributed by atoms with Crippen molar-refractivity contribution in [1.29, 1.82) is 0 Å². The Bertz CT molecular complexity index is 1060. The summed E-state index contributed by atoms with van der Waals surface area (Å²) in [4.78, 5) is 5.39. The van der Waals surface area contributed by atoms with E-state index < -0.39 is 0 Å². The van der Waals surface area contributed by atoms with Crippen molar-refractivity contribution in [3.8, 4) is 33.7 Å². The molecule has 0 saturated heterocycles. The summed E-state index contributed by atoms with van der Waals surface area (Å²) in [7, 11) is 3.32. The summed E-state index contributed by atoms with van der Waals surface area (Å²) in [5.74, 6) is 4.80. The Labute approximate surface area is 188 Å². The van der Waals surface area contributed by atoms with Crippen LogP contribution < -0.4 is 14.8 Å². The normalized spacial score (nSPS) is 18.2. The number of terminal acetylenes is 1. The number of nitrogens with zero attached hydrogens (tertiary/aromatic N) is 1. The maximum absolute atomic E-state index is 5.65. The Morgan fingerprint density at radius 1 is 1.10 bits per heavy atom. The molecule has 1 aromatic heterocycles. The van der Waals surface area contributed by atoms with Crippen molar-refractivity contribution in [2.75, 3.05) is 26.1 Å². The third kappa shape index (κ3) is 5.03. The molecule has 31 heavy (non-hydrogen) atoms. The fourth-order valence-electron chi connectivity index (χ4n) is 4.32. The molecule has 0 aliphatic heterocycles. The van der Waals surface area contributed by atoms with E-state index in [-0.39, 0.29) is 0 Å². The average molecular weight is 433 g/mol. The van der Waals surface area contributed by atoms with Gasteiger partial charge in [-0.05, 0) is 72.9 Å². The molecule has 1 aliphatic rings. The van der Waals surface area contributed by atoms with Crippen LogP contribution in [0.15, 0.2) is 48.7 Å². The number of ether oxygens (including phenoxy) is 2. The highest BCUT2D eigenvalue weighted by molar-refractivity contribution is 7.16. The molecule has 0 bridgehead atoms. The number of methoxy groups -OCH3 is 2. The van der Waals surface area contributed by atoms with Crippen molar-refractivity contribution in [3.05, 3.63) is 59.8 Å². The lowest BCUT2D eigenvalue weighted by molar-refractivity contribution is 0.338. The molecule has 0 spiro atoms. The van der Waals surface area contributed by atoms with Gasteiger partial charge >= 0.3 is 0 Å². The molecule has 1 saturated carbocycles. The molecule has 1 heterocycles. The monoisotopic (exact) mass is 432 g/mol. The molecule has 1 N–H and O–H groups in total. The Morgan fingerprint density at radius 3 is 2.65 bits per heavy atom. The smallest absolute Gasteiger partial charge is 0.273 e. The number of hydrogen-bond acceptors (Lipinski definition) is 5. The van der Waals surface area contributed by atoms with Crippen LogP contribution in [0.2, 0.25) is 0 Å². The molecule has 5 heteroatoms. The predicted molar refractivity (Wildman–Crippen MR) is 128 cm³/mol. The summed E-state index contributed by atoms with van der Waals surface area (Å²) in [6, 6.07) is 14.8. The van der Waals surface area contributed by atoms with E-state index in [1.807, 2.05) is 12.3 Å². The van der Waals surface area contributed by atoms with Crippen molar-refractivity contribution in [1.82, 2.24) is 4.98 Å². The van der Waals surface area contributed by atoms with Crippen molar-refractivity contribution >= 4 is 17.0 Å². The van der Waals surface area contributed by atoms with Crippen LogP contribution in [0.1, 0.15) is 42.7 Å². The molecule has 160 valence electrons. The second-order valence-corrected chi connectivity index (χ2v) is 8.97. The van der Waals surface area contributed by atoms with Gasteiger partial charge in [-0.2, -0.15) is 0 Å². The Morgan fingerprint density at radius 2 is 1.94 bits per heavy atom. The van der Waals surface area contributed by atoms with Gasteiger partial charge in [0.1, 0.15) is 5.75 Å². The fraction of sp³-hybridized carbons (Fsp3) is 0.346. The molecule has 1 fully saturated rings. The molecule has 1 aliphatic carbocycles.